The maximum absolute atomic E-state index is 12.3. The number of aromatic hydroxyl groups is 1. The molecule has 5 heteroatoms. The van der Waals surface area contributed by atoms with Gasteiger partial charge in [0.2, 0.25) is 5.91 Å². The first-order valence-electron chi connectivity index (χ1n) is 11.5. The molecule has 1 amide bonds. The number of phenolic OH excluding ortho intramolecular Hbond substituents is 1. The summed E-state index contributed by atoms with van der Waals surface area (Å²) in [6.07, 6.45) is 2.35. The standard InChI is InChI=1S/C26H43NO4/c1-10-26(9,11-2)23(30)27-14-15-31-21(28)13-12-18-16-19(24(3,4)5)22(29)20(17-18)25(6,7)8/h16-17,29H,10-15H2,1-9H3,(H,27,30). The molecule has 0 spiro atoms. The monoisotopic (exact) mass is 433 g/mol. The summed E-state index contributed by atoms with van der Waals surface area (Å²) in [5, 5.41) is 13.7. The molecule has 176 valence electrons. The van der Waals surface area contributed by atoms with Crippen molar-refractivity contribution >= 4 is 11.9 Å². The van der Waals surface area contributed by atoms with Crippen LogP contribution in [0.15, 0.2) is 12.1 Å². The molecule has 0 aliphatic heterocycles. The number of hydrogen-bond acceptors (Lipinski definition) is 4. The van der Waals surface area contributed by atoms with Gasteiger partial charge in [0.25, 0.3) is 0 Å². The summed E-state index contributed by atoms with van der Waals surface area (Å²) in [4.78, 5) is 24.5. The van der Waals surface area contributed by atoms with Gasteiger partial charge in [-0.1, -0.05) is 74.4 Å². The van der Waals surface area contributed by atoms with Crippen LogP contribution in [-0.4, -0.2) is 30.1 Å². The van der Waals surface area contributed by atoms with Gasteiger partial charge < -0.3 is 15.2 Å². The second kappa shape index (κ2) is 10.5. The maximum Gasteiger partial charge on any atom is 0.306 e. The van der Waals surface area contributed by atoms with Crippen LogP contribution in [0.5, 0.6) is 5.75 Å². The Balaban J connectivity index is 2.71. The van der Waals surface area contributed by atoms with Crippen LogP contribution in [0.25, 0.3) is 0 Å². The molecule has 0 aliphatic rings. The third kappa shape index (κ3) is 7.55. The molecule has 0 heterocycles. The molecular weight excluding hydrogens is 390 g/mol. The highest BCUT2D eigenvalue weighted by molar-refractivity contribution is 5.82. The molecule has 0 atom stereocenters. The van der Waals surface area contributed by atoms with Crippen LogP contribution >= 0.6 is 0 Å². The fourth-order valence-electron chi connectivity index (χ4n) is 3.41. The minimum atomic E-state index is -0.377. The minimum absolute atomic E-state index is 0.00191. The second-order valence-electron chi connectivity index (χ2n) is 10.8. The zero-order valence-corrected chi connectivity index (χ0v) is 21.1. The van der Waals surface area contributed by atoms with Gasteiger partial charge in [0.1, 0.15) is 12.4 Å². The van der Waals surface area contributed by atoms with Gasteiger partial charge in [-0.25, -0.2) is 0 Å². The number of hydrogen-bond donors (Lipinski definition) is 2. The van der Waals surface area contributed by atoms with Crippen LogP contribution in [0.1, 0.15) is 98.3 Å². The first-order chi connectivity index (χ1) is 14.2. The first kappa shape index (κ1) is 27.0. The Morgan fingerprint density at radius 1 is 0.935 bits per heavy atom. The zero-order valence-electron chi connectivity index (χ0n) is 21.1. The van der Waals surface area contributed by atoms with Gasteiger partial charge >= 0.3 is 5.97 Å². The Morgan fingerprint density at radius 2 is 1.42 bits per heavy atom. The van der Waals surface area contributed by atoms with Gasteiger partial charge in [0.05, 0.1) is 6.54 Å². The van der Waals surface area contributed by atoms with Gasteiger partial charge in [0.15, 0.2) is 0 Å². The van der Waals surface area contributed by atoms with E-state index in [-0.39, 0.29) is 41.1 Å². The van der Waals surface area contributed by atoms with Gasteiger partial charge in [0, 0.05) is 11.8 Å². The molecule has 0 saturated heterocycles. The van der Waals surface area contributed by atoms with Crippen LogP contribution in [-0.2, 0) is 31.6 Å². The molecule has 2 N–H and O–H groups in total. The Hall–Kier alpha value is -2.04. The molecule has 0 saturated carbocycles. The van der Waals surface area contributed by atoms with Crippen molar-refractivity contribution in [2.45, 2.75) is 98.8 Å². The molecule has 31 heavy (non-hydrogen) atoms. The maximum atomic E-state index is 12.3. The summed E-state index contributed by atoms with van der Waals surface area (Å²) in [5.41, 5.74) is 2.01. The van der Waals surface area contributed by atoms with E-state index in [1.807, 2.05) is 32.9 Å². The predicted molar refractivity (Wildman–Crippen MR) is 126 cm³/mol. The molecule has 1 aromatic carbocycles. The normalized spacial score (nSPS) is 12.5. The van der Waals surface area contributed by atoms with Crippen LogP contribution in [0.3, 0.4) is 0 Å². The smallest absolute Gasteiger partial charge is 0.306 e. The lowest BCUT2D eigenvalue weighted by molar-refractivity contribution is -0.144. The summed E-state index contributed by atoms with van der Waals surface area (Å²) < 4.78 is 5.31. The lowest BCUT2D eigenvalue weighted by atomic mass is 9.78. The van der Waals surface area contributed by atoms with Gasteiger partial charge in [-0.15, -0.1) is 0 Å². The van der Waals surface area contributed by atoms with E-state index in [1.165, 1.54) is 0 Å². The molecule has 0 aromatic heterocycles. The van der Waals surface area contributed by atoms with Crippen molar-refractivity contribution in [3.05, 3.63) is 28.8 Å². The average molecular weight is 434 g/mol. The molecule has 0 radical (unpaired) electrons. The SMILES string of the molecule is CCC(C)(CC)C(=O)NCCOC(=O)CCc1cc(C(C)(C)C)c(O)c(C(C)(C)C)c1. The van der Waals surface area contributed by atoms with E-state index in [9.17, 15) is 14.7 Å². The molecule has 1 aromatic rings. The number of aryl methyl sites for hydroxylation is 1. The number of carbonyl (C=O) groups excluding carboxylic acids is 2. The van der Waals surface area contributed by atoms with Crippen molar-refractivity contribution in [1.82, 2.24) is 5.32 Å². The number of ether oxygens (including phenoxy) is 1. The Morgan fingerprint density at radius 3 is 1.84 bits per heavy atom. The molecule has 0 fully saturated rings. The summed E-state index contributed by atoms with van der Waals surface area (Å²) in [7, 11) is 0. The van der Waals surface area contributed by atoms with Gasteiger partial charge in [-0.3, -0.25) is 9.59 Å². The highest BCUT2D eigenvalue weighted by atomic mass is 16.5. The molecule has 0 aliphatic carbocycles. The summed E-state index contributed by atoms with van der Waals surface area (Å²) >= 11 is 0. The second-order valence-corrected chi connectivity index (χ2v) is 10.8. The van der Waals surface area contributed by atoms with E-state index >= 15 is 0 Å². The lowest BCUT2D eigenvalue weighted by Gasteiger charge is -2.28. The van der Waals surface area contributed by atoms with Crippen LogP contribution in [0, 0.1) is 5.41 Å². The number of nitrogens with one attached hydrogen (secondary N) is 1. The van der Waals surface area contributed by atoms with E-state index in [2.05, 4.69) is 46.9 Å². The fourth-order valence-corrected chi connectivity index (χ4v) is 3.41. The number of phenols is 1. The van der Waals surface area contributed by atoms with Crippen molar-refractivity contribution in [3.8, 4) is 5.75 Å². The topological polar surface area (TPSA) is 75.6 Å². The molecular formula is C26H43NO4. The summed E-state index contributed by atoms with van der Waals surface area (Å²) in [5.74, 6) is 0.0565. The fraction of sp³-hybridized carbons (Fsp3) is 0.692. The van der Waals surface area contributed by atoms with E-state index < -0.39 is 0 Å². The van der Waals surface area contributed by atoms with E-state index in [0.29, 0.717) is 18.7 Å². The number of rotatable bonds is 9. The van der Waals surface area contributed by atoms with Crippen LogP contribution in [0.2, 0.25) is 0 Å². The molecule has 1 rings (SSSR count). The van der Waals surface area contributed by atoms with Crippen LogP contribution in [0.4, 0.5) is 0 Å². The van der Waals surface area contributed by atoms with Gasteiger partial charge in [-0.05, 0) is 46.8 Å². The highest BCUT2D eigenvalue weighted by Gasteiger charge is 2.29. The highest BCUT2D eigenvalue weighted by Crippen LogP contribution is 2.40. The van der Waals surface area contributed by atoms with Crippen molar-refractivity contribution in [1.29, 1.82) is 0 Å². The molecule has 0 unspecified atom stereocenters. The van der Waals surface area contributed by atoms with E-state index in [0.717, 1.165) is 29.5 Å². The molecule has 0 bridgehead atoms. The van der Waals surface area contributed by atoms with Crippen LogP contribution < -0.4 is 5.32 Å². The first-order valence-corrected chi connectivity index (χ1v) is 11.5. The average Bonchev–Trinajstić information content (AvgIpc) is 2.67. The summed E-state index contributed by atoms with van der Waals surface area (Å²) in [6, 6.07) is 3.99. The third-order valence-corrected chi connectivity index (χ3v) is 6.16. The number of amides is 1. The van der Waals surface area contributed by atoms with E-state index in [4.69, 9.17) is 4.74 Å². The van der Waals surface area contributed by atoms with Gasteiger partial charge in [-0.2, -0.15) is 0 Å². The number of benzene rings is 1. The Bertz CT molecular complexity index is 730. The van der Waals surface area contributed by atoms with Crippen molar-refractivity contribution < 1.29 is 19.4 Å². The number of esters is 1. The minimum Gasteiger partial charge on any atom is -0.507 e. The zero-order chi connectivity index (χ0) is 24.0. The Labute approximate surface area is 189 Å². The summed E-state index contributed by atoms with van der Waals surface area (Å²) in [6.45, 7) is 18.9. The lowest BCUT2D eigenvalue weighted by Crippen LogP contribution is -2.39. The predicted octanol–water partition coefficient (Wildman–Crippen LogP) is 5.41. The third-order valence-electron chi connectivity index (χ3n) is 6.16. The quantitative estimate of drug-likeness (QED) is 0.403. The van der Waals surface area contributed by atoms with E-state index in [1.54, 1.807) is 0 Å². The largest absolute Gasteiger partial charge is 0.507 e. The molecule has 5 nitrogen and oxygen atoms in total. The Kier molecular flexibility index (Phi) is 9.16. The van der Waals surface area contributed by atoms with Crippen molar-refractivity contribution in [2.75, 3.05) is 13.2 Å². The number of carbonyl (C=O) groups is 2. The van der Waals surface area contributed by atoms with Crippen molar-refractivity contribution in [3.63, 3.8) is 0 Å². The van der Waals surface area contributed by atoms with Crippen molar-refractivity contribution in [2.24, 2.45) is 5.41 Å².